The van der Waals surface area contributed by atoms with Gasteiger partial charge in [-0.1, -0.05) is 35.2 Å². The van der Waals surface area contributed by atoms with E-state index < -0.39 is 6.36 Å². The van der Waals surface area contributed by atoms with Crippen LogP contribution in [0, 0.1) is 13.8 Å². The van der Waals surface area contributed by atoms with Crippen LogP contribution in [0.4, 0.5) is 18.9 Å². The normalized spacial score (nSPS) is 13.9. The second-order valence-electron chi connectivity index (χ2n) is 9.18. The number of thioether (sulfide) groups is 1. The van der Waals surface area contributed by atoms with Crippen molar-refractivity contribution in [2.24, 2.45) is 0 Å². The van der Waals surface area contributed by atoms with Crippen LogP contribution >= 0.6 is 11.8 Å². The first-order valence-electron chi connectivity index (χ1n) is 12.5. The molecule has 208 valence electrons. The first-order valence-corrected chi connectivity index (χ1v) is 13.5. The number of rotatable bonds is 7. The lowest BCUT2D eigenvalue weighted by atomic mass is 10.2. The van der Waals surface area contributed by atoms with Crippen LogP contribution in [0.3, 0.4) is 0 Å². The third kappa shape index (κ3) is 6.53. The van der Waals surface area contributed by atoms with E-state index in [1.165, 1.54) is 40.7 Å². The lowest BCUT2D eigenvalue weighted by Gasteiger charge is -2.35. The van der Waals surface area contributed by atoms with E-state index in [1.54, 1.807) is 4.90 Å². The van der Waals surface area contributed by atoms with Gasteiger partial charge in [0.1, 0.15) is 5.75 Å². The maximum atomic E-state index is 13.6. The Morgan fingerprint density at radius 3 is 2.20 bits per heavy atom. The summed E-state index contributed by atoms with van der Waals surface area (Å²) in [6.07, 6.45) is -4.80. The van der Waals surface area contributed by atoms with Crippen molar-refractivity contribution in [1.29, 1.82) is 0 Å². The second kappa shape index (κ2) is 11.5. The van der Waals surface area contributed by atoms with Crippen molar-refractivity contribution in [3.05, 3.63) is 83.4 Å². The highest BCUT2D eigenvalue weighted by Gasteiger charge is 2.31. The molecule has 5 rings (SSSR count). The molecule has 1 amide bonds. The molecule has 1 saturated heterocycles. The molecule has 13 heteroatoms. The summed E-state index contributed by atoms with van der Waals surface area (Å²) in [4.78, 5) is 26.5. The number of hydrogen-bond acceptors (Lipinski definition) is 8. The van der Waals surface area contributed by atoms with E-state index in [9.17, 15) is 18.0 Å². The highest BCUT2D eigenvalue weighted by molar-refractivity contribution is 7.98. The van der Waals surface area contributed by atoms with Gasteiger partial charge in [-0.25, -0.2) is 14.6 Å². The molecule has 0 aliphatic carbocycles. The number of ether oxygens (including phenoxy) is 1. The Balaban J connectivity index is 1.40. The zero-order valence-corrected chi connectivity index (χ0v) is 22.6. The van der Waals surface area contributed by atoms with E-state index in [0.29, 0.717) is 42.7 Å². The predicted molar refractivity (Wildman–Crippen MR) is 144 cm³/mol. The number of carbonyl (C=O) groups excluding carboxylic acids is 1. The minimum atomic E-state index is -4.80. The number of alkyl halides is 3. The van der Waals surface area contributed by atoms with Crippen LogP contribution in [0.15, 0.2) is 65.8 Å². The molecule has 9 nitrogen and oxygen atoms in total. The van der Waals surface area contributed by atoms with Crippen LogP contribution < -0.4 is 9.64 Å². The Morgan fingerprint density at radius 1 is 0.925 bits per heavy atom. The van der Waals surface area contributed by atoms with Gasteiger partial charge in [-0.3, -0.25) is 4.79 Å². The maximum absolute atomic E-state index is 13.6. The Labute approximate surface area is 233 Å². The number of benzene rings is 2. The molecule has 0 N–H and O–H groups in total. The van der Waals surface area contributed by atoms with E-state index >= 15 is 0 Å². The minimum Gasteiger partial charge on any atom is -0.406 e. The van der Waals surface area contributed by atoms with Crippen LogP contribution in [0.1, 0.15) is 27.6 Å². The van der Waals surface area contributed by atoms with Crippen molar-refractivity contribution in [2.45, 2.75) is 31.1 Å². The summed E-state index contributed by atoms with van der Waals surface area (Å²) in [6, 6.07) is 17.1. The number of carbonyl (C=O) groups is 1. The molecule has 0 unspecified atom stereocenters. The molecule has 1 fully saturated rings. The fourth-order valence-corrected chi connectivity index (χ4v) is 5.38. The van der Waals surface area contributed by atoms with Crippen molar-refractivity contribution < 1.29 is 22.7 Å². The first-order chi connectivity index (χ1) is 19.2. The van der Waals surface area contributed by atoms with Gasteiger partial charge in [0.2, 0.25) is 0 Å². The molecule has 40 heavy (non-hydrogen) atoms. The number of anilines is 1. The summed E-state index contributed by atoms with van der Waals surface area (Å²) in [6.45, 7) is 6.11. The molecule has 0 radical (unpaired) electrons. The standard InChI is InChI=1S/C27H26F3N7O2S/c1-18-16-19(2)32-26(31-18)40-17-23-24(25(38)36-14-12-35(13-15-36)20-6-4-3-5-7-20)33-34-37(23)21-8-10-22(11-9-21)39-27(28,29)30/h3-11,16H,12-15,17H2,1-2H3. The van der Waals surface area contributed by atoms with Gasteiger partial charge in [0.25, 0.3) is 5.91 Å². The Hall–Kier alpha value is -4.13. The zero-order valence-electron chi connectivity index (χ0n) is 21.8. The number of piperazine rings is 1. The van der Waals surface area contributed by atoms with Crippen LogP contribution in [-0.4, -0.2) is 68.3 Å². The molecule has 3 heterocycles. The molecule has 1 aliphatic heterocycles. The fourth-order valence-electron chi connectivity index (χ4n) is 4.44. The van der Waals surface area contributed by atoms with Gasteiger partial charge in [-0.2, -0.15) is 0 Å². The van der Waals surface area contributed by atoms with Gasteiger partial charge in [-0.15, -0.1) is 18.3 Å². The molecule has 0 bridgehead atoms. The number of para-hydroxylation sites is 1. The highest BCUT2D eigenvalue weighted by Crippen LogP contribution is 2.27. The molecule has 2 aromatic carbocycles. The summed E-state index contributed by atoms with van der Waals surface area (Å²) >= 11 is 1.33. The van der Waals surface area contributed by atoms with Crippen molar-refractivity contribution in [3.8, 4) is 11.4 Å². The molecule has 0 spiro atoms. The quantitative estimate of drug-likeness (QED) is 0.231. The van der Waals surface area contributed by atoms with Gasteiger partial charge in [0, 0.05) is 49.0 Å². The number of halogens is 3. The van der Waals surface area contributed by atoms with E-state index in [0.717, 1.165) is 17.1 Å². The summed E-state index contributed by atoms with van der Waals surface area (Å²) in [7, 11) is 0. The zero-order chi connectivity index (χ0) is 28.3. The average molecular weight is 570 g/mol. The van der Waals surface area contributed by atoms with Gasteiger partial charge in [-0.05, 0) is 56.3 Å². The van der Waals surface area contributed by atoms with Crippen molar-refractivity contribution in [3.63, 3.8) is 0 Å². The number of amides is 1. The Morgan fingerprint density at radius 2 is 1.57 bits per heavy atom. The predicted octanol–water partition coefficient (Wildman–Crippen LogP) is 4.83. The highest BCUT2D eigenvalue weighted by atomic mass is 32.2. The smallest absolute Gasteiger partial charge is 0.406 e. The number of aryl methyl sites for hydroxylation is 2. The maximum Gasteiger partial charge on any atom is 0.573 e. The van der Waals surface area contributed by atoms with Crippen LogP contribution in [0.5, 0.6) is 5.75 Å². The largest absolute Gasteiger partial charge is 0.573 e. The summed E-state index contributed by atoms with van der Waals surface area (Å²) in [5.74, 6) is -0.349. The number of nitrogens with zero attached hydrogens (tertiary/aromatic N) is 7. The molecule has 0 saturated carbocycles. The monoisotopic (exact) mass is 569 g/mol. The minimum absolute atomic E-state index is 0.181. The molecule has 4 aromatic rings. The topological polar surface area (TPSA) is 89.3 Å². The van der Waals surface area contributed by atoms with Gasteiger partial charge in [0.05, 0.1) is 11.4 Å². The summed E-state index contributed by atoms with van der Waals surface area (Å²) in [5, 5.41) is 8.96. The van der Waals surface area contributed by atoms with Crippen molar-refractivity contribution in [2.75, 3.05) is 31.1 Å². The molecular weight excluding hydrogens is 543 g/mol. The third-order valence-electron chi connectivity index (χ3n) is 6.27. The number of hydrogen-bond donors (Lipinski definition) is 0. The van der Waals surface area contributed by atoms with Gasteiger partial charge in [0.15, 0.2) is 10.9 Å². The Bertz CT molecular complexity index is 1450. The number of aromatic nitrogens is 5. The van der Waals surface area contributed by atoms with E-state index in [2.05, 4.69) is 29.9 Å². The first kappa shape index (κ1) is 27.4. The lowest BCUT2D eigenvalue weighted by Crippen LogP contribution is -2.49. The van der Waals surface area contributed by atoms with Gasteiger partial charge >= 0.3 is 6.36 Å². The average Bonchev–Trinajstić information content (AvgIpc) is 3.35. The van der Waals surface area contributed by atoms with Crippen LogP contribution in [0.25, 0.3) is 5.69 Å². The van der Waals surface area contributed by atoms with Gasteiger partial charge < -0.3 is 14.5 Å². The third-order valence-corrected chi connectivity index (χ3v) is 7.13. The Kier molecular flexibility index (Phi) is 7.92. The van der Waals surface area contributed by atoms with E-state index in [-0.39, 0.29) is 23.1 Å². The van der Waals surface area contributed by atoms with E-state index in [4.69, 9.17) is 0 Å². The second-order valence-corrected chi connectivity index (χ2v) is 10.1. The van der Waals surface area contributed by atoms with Crippen LogP contribution in [-0.2, 0) is 5.75 Å². The summed E-state index contributed by atoms with van der Waals surface area (Å²) < 4.78 is 43.3. The fraction of sp³-hybridized carbons (Fsp3) is 0.296. The molecule has 1 aliphatic rings. The van der Waals surface area contributed by atoms with E-state index in [1.807, 2.05) is 50.2 Å². The molecular formula is C27H26F3N7O2S. The molecule has 0 atom stereocenters. The lowest BCUT2D eigenvalue weighted by molar-refractivity contribution is -0.274. The van der Waals surface area contributed by atoms with Crippen molar-refractivity contribution in [1.82, 2.24) is 29.9 Å². The molecule has 2 aromatic heterocycles. The SMILES string of the molecule is Cc1cc(C)nc(SCc2c(C(=O)N3CCN(c4ccccc4)CC3)nnn2-c2ccc(OC(F)(F)F)cc2)n1. The van der Waals surface area contributed by atoms with Crippen molar-refractivity contribution >= 4 is 23.4 Å². The summed E-state index contributed by atoms with van der Waals surface area (Å²) in [5.41, 5.74) is 3.84. The van der Waals surface area contributed by atoms with Crippen LogP contribution in [0.2, 0.25) is 0 Å².